The van der Waals surface area contributed by atoms with Crippen molar-refractivity contribution in [2.24, 2.45) is 5.73 Å². The Bertz CT molecular complexity index is 505. The summed E-state index contributed by atoms with van der Waals surface area (Å²) >= 11 is 0. The van der Waals surface area contributed by atoms with Crippen LogP contribution in [-0.4, -0.2) is 23.3 Å². The number of hydrogen-bond donors (Lipinski definition) is 3. The molecule has 5 heteroatoms. The van der Waals surface area contributed by atoms with Gasteiger partial charge in [0.05, 0.1) is 0 Å². The van der Waals surface area contributed by atoms with Gasteiger partial charge in [0, 0.05) is 5.69 Å². The van der Waals surface area contributed by atoms with Gasteiger partial charge in [0.1, 0.15) is 11.4 Å². The Hall–Kier alpha value is -1.75. The lowest BCUT2D eigenvalue weighted by Crippen LogP contribution is -2.29. The van der Waals surface area contributed by atoms with Crippen molar-refractivity contribution in [2.75, 3.05) is 11.9 Å². The Morgan fingerprint density at radius 1 is 1.29 bits per heavy atom. The van der Waals surface area contributed by atoms with Crippen molar-refractivity contribution < 1.29 is 14.6 Å². The molecule has 0 aliphatic carbocycles. The molecule has 5 nitrogen and oxygen atoms in total. The number of aromatic hydroxyl groups is 1. The number of anilines is 1. The zero-order chi connectivity index (χ0) is 16.3. The number of phenolic OH excluding ortho intramolecular Hbond substituents is 1. The first kappa shape index (κ1) is 17.3. The third-order valence-corrected chi connectivity index (χ3v) is 3.14. The fourth-order valence-electron chi connectivity index (χ4n) is 2.11. The molecule has 0 aromatic heterocycles. The number of carbonyl (C=O) groups excluding carboxylic acids is 1. The van der Waals surface area contributed by atoms with Crippen LogP contribution in [0.5, 0.6) is 5.75 Å². The van der Waals surface area contributed by atoms with Crippen LogP contribution >= 0.6 is 0 Å². The Morgan fingerprint density at radius 3 is 2.43 bits per heavy atom. The normalized spacial score (nSPS) is 12.1. The highest BCUT2D eigenvalue weighted by molar-refractivity contribution is 5.86. The zero-order valence-corrected chi connectivity index (χ0v) is 13.5. The molecule has 0 aliphatic rings. The lowest BCUT2D eigenvalue weighted by atomic mass is 9.80. The van der Waals surface area contributed by atoms with E-state index >= 15 is 0 Å². The maximum Gasteiger partial charge on any atom is 0.412 e. The molecule has 0 bridgehead atoms. The van der Waals surface area contributed by atoms with Crippen molar-refractivity contribution >= 4 is 11.8 Å². The van der Waals surface area contributed by atoms with E-state index in [1.807, 2.05) is 34.6 Å². The van der Waals surface area contributed by atoms with Crippen LogP contribution in [0.15, 0.2) is 18.2 Å². The average molecular weight is 294 g/mol. The fourth-order valence-corrected chi connectivity index (χ4v) is 2.11. The molecule has 1 aromatic rings. The predicted octanol–water partition coefficient (Wildman–Crippen LogP) is 3.37. The number of nitrogens with one attached hydrogen (secondary N) is 1. The Balaban J connectivity index is 3.05. The number of hydrogen-bond acceptors (Lipinski definition) is 4. The second-order valence-corrected chi connectivity index (χ2v) is 6.78. The topological polar surface area (TPSA) is 84.6 Å². The van der Waals surface area contributed by atoms with Crippen molar-refractivity contribution in [1.29, 1.82) is 0 Å². The lowest BCUT2D eigenvalue weighted by molar-refractivity contribution is 0.0635. The van der Waals surface area contributed by atoms with E-state index in [0.717, 1.165) is 12.0 Å². The van der Waals surface area contributed by atoms with Gasteiger partial charge in [0.2, 0.25) is 0 Å². The minimum absolute atomic E-state index is 0.157. The summed E-state index contributed by atoms with van der Waals surface area (Å²) in [7, 11) is 0. The van der Waals surface area contributed by atoms with Crippen molar-refractivity contribution in [3.63, 3.8) is 0 Å². The van der Waals surface area contributed by atoms with Crippen LogP contribution < -0.4 is 11.1 Å². The average Bonchev–Trinajstić information content (AvgIpc) is 2.28. The van der Waals surface area contributed by atoms with Crippen molar-refractivity contribution in [3.05, 3.63) is 23.8 Å². The van der Waals surface area contributed by atoms with Gasteiger partial charge < -0.3 is 15.6 Å². The summed E-state index contributed by atoms with van der Waals surface area (Å²) in [5.74, 6) is 0.157. The molecule has 4 N–H and O–H groups in total. The van der Waals surface area contributed by atoms with E-state index in [-0.39, 0.29) is 11.2 Å². The van der Waals surface area contributed by atoms with Gasteiger partial charge in [-0.3, -0.25) is 5.32 Å². The Labute approximate surface area is 126 Å². The summed E-state index contributed by atoms with van der Waals surface area (Å²) in [6, 6.07) is 4.87. The Kier molecular flexibility index (Phi) is 5.23. The highest BCUT2D eigenvalue weighted by Gasteiger charge is 2.25. The summed E-state index contributed by atoms with van der Waals surface area (Å²) < 4.78 is 5.26. The molecule has 0 saturated heterocycles. The smallest absolute Gasteiger partial charge is 0.412 e. The number of rotatable bonds is 4. The maximum atomic E-state index is 11.9. The minimum Gasteiger partial charge on any atom is -0.508 e. The van der Waals surface area contributed by atoms with Gasteiger partial charge in [-0.25, -0.2) is 4.79 Å². The molecule has 0 radical (unpaired) electrons. The monoisotopic (exact) mass is 294 g/mol. The second kappa shape index (κ2) is 6.35. The molecular weight excluding hydrogens is 268 g/mol. The summed E-state index contributed by atoms with van der Waals surface area (Å²) in [5, 5.41) is 12.5. The number of amides is 1. The van der Waals surface area contributed by atoms with E-state index in [0.29, 0.717) is 12.2 Å². The molecule has 1 rings (SSSR count). The molecule has 0 fully saturated rings. The highest BCUT2D eigenvalue weighted by atomic mass is 16.6. The molecule has 0 saturated carbocycles. The molecule has 1 aromatic carbocycles. The Morgan fingerprint density at radius 2 is 1.90 bits per heavy atom. The van der Waals surface area contributed by atoms with E-state index in [1.54, 1.807) is 12.1 Å². The summed E-state index contributed by atoms with van der Waals surface area (Å²) in [5.41, 5.74) is 6.28. The number of nitrogens with two attached hydrogens (primary N) is 1. The van der Waals surface area contributed by atoms with Gasteiger partial charge in [0.25, 0.3) is 0 Å². The first-order valence-corrected chi connectivity index (χ1v) is 7.09. The van der Waals surface area contributed by atoms with Crippen LogP contribution in [0.25, 0.3) is 0 Å². The van der Waals surface area contributed by atoms with E-state index in [2.05, 4.69) is 5.32 Å². The number of benzene rings is 1. The van der Waals surface area contributed by atoms with Gasteiger partial charge in [-0.15, -0.1) is 0 Å². The first-order valence-electron chi connectivity index (χ1n) is 7.09. The van der Waals surface area contributed by atoms with Gasteiger partial charge in [0.15, 0.2) is 0 Å². The van der Waals surface area contributed by atoms with Crippen LogP contribution in [0.1, 0.15) is 46.6 Å². The second-order valence-electron chi connectivity index (χ2n) is 6.78. The van der Waals surface area contributed by atoms with Crippen molar-refractivity contribution in [1.82, 2.24) is 0 Å². The van der Waals surface area contributed by atoms with Crippen LogP contribution in [-0.2, 0) is 10.2 Å². The lowest BCUT2D eigenvalue weighted by Gasteiger charge is -2.28. The van der Waals surface area contributed by atoms with Crippen molar-refractivity contribution in [3.8, 4) is 5.75 Å². The standard InChI is InChI=1S/C16H26N2O3/c1-15(2,3)21-14(20)18-13-7-6-11(19)10-12(13)16(4,5)8-9-17/h6-7,10,19H,8-9,17H2,1-5H3,(H,18,20). The fraction of sp³-hybridized carbons (Fsp3) is 0.562. The molecular formula is C16H26N2O3. The molecule has 0 atom stereocenters. The van der Waals surface area contributed by atoms with Gasteiger partial charge in [-0.05, 0) is 62.9 Å². The largest absolute Gasteiger partial charge is 0.508 e. The van der Waals surface area contributed by atoms with E-state index in [9.17, 15) is 9.90 Å². The van der Waals surface area contributed by atoms with Crippen LogP contribution in [0, 0.1) is 0 Å². The third-order valence-electron chi connectivity index (χ3n) is 3.14. The van der Waals surface area contributed by atoms with E-state index in [1.165, 1.54) is 6.07 Å². The van der Waals surface area contributed by atoms with Crippen LogP contribution in [0.2, 0.25) is 0 Å². The number of phenols is 1. The number of ether oxygens (including phenoxy) is 1. The molecule has 1 amide bonds. The maximum absolute atomic E-state index is 11.9. The quantitative estimate of drug-likeness (QED) is 0.743. The highest BCUT2D eigenvalue weighted by Crippen LogP contribution is 2.35. The third kappa shape index (κ3) is 5.27. The molecule has 0 spiro atoms. The van der Waals surface area contributed by atoms with Gasteiger partial charge in [-0.1, -0.05) is 13.8 Å². The van der Waals surface area contributed by atoms with E-state index in [4.69, 9.17) is 10.5 Å². The minimum atomic E-state index is -0.562. The van der Waals surface area contributed by atoms with Gasteiger partial charge >= 0.3 is 6.09 Å². The molecule has 0 aliphatic heterocycles. The first-order chi connectivity index (χ1) is 9.55. The summed E-state index contributed by atoms with van der Waals surface area (Å²) in [6.45, 7) is 9.99. The summed E-state index contributed by atoms with van der Waals surface area (Å²) in [6.07, 6.45) is 0.220. The van der Waals surface area contributed by atoms with Crippen molar-refractivity contribution in [2.45, 2.75) is 52.1 Å². The molecule has 0 heterocycles. The van der Waals surface area contributed by atoms with Gasteiger partial charge in [-0.2, -0.15) is 0 Å². The molecule has 0 unspecified atom stereocenters. The SMILES string of the molecule is CC(C)(C)OC(=O)Nc1ccc(O)cc1C(C)(C)CCN. The number of carbonyl (C=O) groups is 1. The van der Waals surface area contributed by atoms with Crippen LogP contribution in [0.3, 0.4) is 0 Å². The molecule has 21 heavy (non-hydrogen) atoms. The predicted molar refractivity (Wildman–Crippen MR) is 84.7 cm³/mol. The van der Waals surface area contributed by atoms with E-state index < -0.39 is 11.7 Å². The summed E-state index contributed by atoms with van der Waals surface area (Å²) in [4.78, 5) is 11.9. The molecule has 118 valence electrons. The zero-order valence-electron chi connectivity index (χ0n) is 13.5. The van der Waals surface area contributed by atoms with Crippen LogP contribution in [0.4, 0.5) is 10.5 Å².